The fourth-order valence-electron chi connectivity index (χ4n) is 5.00. The molecule has 0 radical (unpaired) electrons. The van der Waals surface area contributed by atoms with Gasteiger partial charge in [-0.3, -0.25) is 9.69 Å². The summed E-state index contributed by atoms with van der Waals surface area (Å²) in [4.78, 5) is 36.2. The summed E-state index contributed by atoms with van der Waals surface area (Å²) in [5, 5.41) is 12.4. The Morgan fingerprint density at radius 3 is 1.97 bits per heavy atom. The molecule has 1 saturated heterocycles. The summed E-state index contributed by atoms with van der Waals surface area (Å²) < 4.78 is 0. The molecule has 9 heteroatoms. The van der Waals surface area contributed by atoms with Crippen LogP contribution in [0.15, 0.2) is 18.3 Å². The van der Waals surface area contributed by atoms with Gasteiger partial charge in [0.1, 0.15) is 5.82 Å². The van der Waals surface area contributed by atoms with Gasteiger partial charge in [0.15, 0.2) is 0 Å². The first kappa shape index (κ1) is 31.8. The highest BCUT2D eigenvalue weighted by molar-refractivity contribution is 5.94. The molecule has 0 spiro atoms. The van der Waals surface area contributed by atoms with Crippen molar-refractivity contribution in [3.8, 4) is 0 Å². The zero-order valence-corrected chi connectivity index (χ0v) is 23.9. The van der Waals surface area contributed by atoms with Crippen LogP contribution < -0.4 is 10.2 Å². The Kier molecular flexibility index (Phi) is 16.4. The largest absolute Gasteiger partial charge is 0.354 e. The van der Waals surface area contributed by atoms with Gasteiger partial charge in [-0.05, 0) is 30.9 Å². The third-order valence-electron chi connectivity index (χ3n) is 7.13. The molecule has 0 bridgehead atoms. The molecule has 1 N–H and O–H groups in total. The number of hydrogen-bond donors (Lipinski definition) is 1. The Balaban J connectivity index is 1.40. The van der Waals surface area contributed by atoms with Crippen LogP contribution in [-0.4, -0.2) is 66.8 Å². The van der Waals surface area contributed by atoms with E-state index in [0.717, 1.165) is 77.2 Å². The maximum Gasteiger partial charge on any atom is 0.294 e. The molecule has 0 unspecified atom stereocenters. The second-order valence-corrected chi connectivity index (χ2v) is 11.0. The van der Waals surface area contributed by atoms with Crippen molar-refractivity contribution in [2.45, 2.75) is 97.3 Å². The number of anilines is 1. The van der Waals surface area contributed by atoms with Crippen molar-refractivity contribution in [3.05, 3.63) is 34.0 Å². The van der Waals surface area contributed by atoms with Crippen molar-refractivity contribution in [1.82, 2.24) is 15.2 Å². The molecule has 1 aromatic rings. The van der Waals surface area contributed by atoms with Crippen molar-refractivity contribution < 1.29 is 14.7 Å². The van der Waals surface area contributed by atoms with E-state index in [0.29, 0.717) is 11.5 Å². The Hall–Kier alpha value is -2.42. The first-order valence-corrected chi connectivity index (χ1v) is 14.9. The minimum absolute atomic E-state index is 0.0318. The van der Waals surface area contributed by atoms with Gasteiger partial charge < -0.3 is 15.1 Å². The summed E-state index contributed by atoms with van der Waals surface area (Å²) in [6.45, 7) is 10.7. The fraction of sp³-hybridized carbons (Fsp3) is 0.793. The third kappa shape index (κ3) is 14.5. The van der Waals surface area contributed by atoms with E-state index in [1.165, 1.54) is 51.4 Å². The fourth-order valence-corrected chi connectivity index (χ4v) is 5.00. The molecule has 0 aliphatic carbocycles. The molecule has 1 aliphatic rings. The Morgan fingerprint density at radius 2 is 1.47 bits per heavy atom. The minimum Gasteiger partial charge on any atom is -0.354 e. The highest BCUT2D eigenvalue weighted by atomic mass is 16.9. The van der Waals surface area contributed by atoms with Crippen molar-refractivity contribution in [2.24, 2.45) is 5.92 Å². The van der Waals surface area contributed by atoms with Gasteiger partial charge in [0.25, 0.3) is 11.0 Å². The van der Waals surface area contributed by atoms with Gasteiger partial charge in [0, 0.05) is 45.5 Å². The van der Waals surface area contributed by atoms with Crippen LogP contribution in [0.1, 0.15) is 108 Å². The molecular weight excluding hydrogens is 482 g/mol. The van der Waals surface area contributed by atoms with Crippen molar-refractivity contribution in [2.75, 3.05) is 50.8 Å². The molecule has 1 aliphatic heterocycles. The molecule has 2 rings (SSSR count). The molecule has 0 saturated carbocycles. The number of unbranched alkanes of at least 4 members (excludes halogenated alkanes) is 12. The molecule has 9 nitrogen and oxygen atoms in total. The van der Waals surface area contributed by atoms with Crippen LogP contribution in [0.25, 0.3) is 0 Å². The predicted octanol–water partition coefficient (Wildman–Crippen LogP) is 5.87. The molecule has 38 heavy (non-hydrogen) atoms. The quantitative estimate of drug-likeness (QED) is 0.120. The third-order valence-corrected chi connectivity index (χ3v) is 7.13. The van der Waals surface area contributed by atoms with E-state index in [1.54, 1.807) is 6.20 Å². The number of pyridine rings is 1. The zero-order valence-electron chi connectivity index (χ0n) is 23.9. The smallest absolute Gasteiger partial charge is 0.294 e. The summed E-state index contributed by atoms with van der Waals surface area (Å²) >= 11 is 0. The number of carbonyl (C=O) groups is 1. The summed E-state index contributed by atoms with van der Waals surface area (Å²) in [6.07, 6.45) is 16.9. The van der Waals surface area contributed by atoms with Crippen LogP contribution in [0.4, 0.5) is 5.82 Å². The monoisotopic (exact) mass is 533 g/mol. The Morgan fingerprint density at radius 1 is 0.921 bits per heavy atom. The van der Waals surface area contributed by atoms with E-state index in [4.69, 9.17) is 0 Å². The standard InChI is InChI=1S/C29H51N5O4/c1-26(2)25-32-19-21-33(22-20-32)28-17-16-27(24-31-28)29(35)30-18-14-12-10-8-6-4-3-5-7-9-11-13-15-23-38-34(36)37/h16-17,24,26H,3-15,18-23,25H2,1-2H3,(H,30,35). The predicted molar refractivity (Wildman–Crippen MR) is 153 cm³/mol. The van der Waals surface area contributed by atoms with Crippen LogP contribution >= 0.6 is 0 Å². The van der Waals surface area contributed by atoms with E-state index < -0.39 is 5.09 Å². The van der Waals surface area contributed by atoms with Gasteiger partial charge in [0.2, 0.25) is 0 Å². The van der Waals surface area contributed by atoms with E-state index in [-0.39, 0.29) is 12.5 Å². The summed E-state index contributed by atoms with van der Waals surface area (Å²) in [5.74, 6) is 1.62. The van der Waals surface area contributed by atoms with Crippen LogP contribution in [0.3, 0.4) is 0 Å². The number of aromatic nitrogens is 1. The maximum absolute atomic E-state index is 12.4. The zero-order chi connectivity index (χ0) is 27.4. The van der Waals surface area contributed by atoms with Crippen LogP contribution in [-0.2, 0) is 4.84 Å². The van der Waals surface area contributed by atoms with Crippen molar-refractivity contribution >= 4 is 11.7 Å². The first-order valence-electron chi connectivity index (χ1n) is 14.9. The van der Waals surface area contributed by atoms with Crippen molar-refractivity contribution in [3.63, 3.8) is 0 Å². The average Bonchev–Trinajstić information content (AvgIpc) is 2.90. The van der Waals surface area contributed by atoms with Crippen LogP contribution in [0, 0.1) is 16.0 Å². The van der Waals surface area contributed by atoms with Gasteiger partial charge in [-0.25, -0.2) is 4.98 Å². The normalized spacial score (nSPS) is 14.1. The number of carbonyl (C=O) groups excluding carboxylic acids is 1. The van der Waals surface area contributed by atoms with Gasteiger partial charge in [0.05, 0.1) is 12.2 Å². The highest BCUT2D eigenvalue weighted by Crippen LogP contribution is 2.15. The van der Waals surface area contributed by atoms with E-state index in [2.05, 4.69) is 38.8 Å². The lowest BCUT2D eigenvalue weighted by Crippen LogP contribution is -2.47. The van der Waals surface area contributed by atoms with Crippen LogP contribution in [0.5, 0.6) is 0 Å². The van der Waals surface area contributed by atoms with Gasteiger partial charge in [-0.15, -0.1) is 10.1 Å². The number of amides is 1. The molecule has 0 atom stereocenters. The van der Waals surface area contributed by atoms with E-state index in [9.17, 15) is 14.9 Å². The second-order valence-electron chi connectivity index (χ2n) is 11.0. The lowest BCUT2D eigenvalue weighted by molar-refractivity contribution is -0.757. The lowest BCUT2D eigenvalue weighted by Gasteiger charge is -2.36. The van der Waals surface area contributed by atoms with Gasteiger partial charge in [-0.2, -0.15) is 0 Å². The maximum atomic E-state index is 12.4. The van der Waals surface area contributed by atoms with E-state index in [1.807, 2.05) is 12.1 Å². The molecule has 0 aromatic carbocycles. The number of nitrogens with one attached hydrogen (secondary N) is 1. The molecular formula is C29H51N5O4. The van der Waals surface area contributed by atoms with Gasteiger partial charge >= 0.3 is 0 Å². The Bertz CT molecular complexity index is 767. The number of rotatable bonds is 21. The second kappa shape index (κ2) is 19.6. The summed E-state index contributed by atoms with van der Waals surface area (Å²) in [7, 11) is 0. The van der Waals surface area contributed by atoms with Crippen molar-refractivity contribution in [1.29, 1.82) is 0 Å². The molecule has 2 heterocycles. The first-order chi connectivity index (χ1) is 18.5. The van der Waals surface area contributed by atoms with E-state index >= 15 is 0 Å². The SMILES string of the molecule is CC(C)CN1CCN(c2ccc(C(=O)NCCCCCCCCCCCCCCCO[N+](=O)[O-])cn2)CC1. The van der Waals surface area contributed by atoms with Gasteiger partial charge in [-0.1, -0.05) is 84.5 Å². The molecule has 1 aromatic heterocycles. The Labute approximate surface area is 229 Å². The molecule has 216 valence electrons. The lowest BCUT2D eigenvalue weighted by atomic mass is 10.0. The number of hydrogen-bond acceptors (Lipinski definition) is 7. The molecule has 1 fully saturated rings. The minimum atomic E-state index is -0.715. The average molecular weight is 534 g/mol. The topological polar surface area (TPSA) is 101 Å². The van der Waals surface area contributed by atoms with Crippen LogP contribution in [0.2, 0.25) is 0 Å². The number of piperazine rings is 1. The molecule has 1 amide bonds. The number of nitrogens with zero attached hydrogens (tertiary/aromatic N) is 4. The summed E-state index contributed by atoms with van der Waals surface area (Å²) in [6, 6.07) is 3.87. The summed E-state index contributed by atoms with van der Waals surface area (Å²) in [5.41, 5.74) is 0.635. The highest BCUT2D eigenvalue weighted by Gasteiger charge is 2.18.